The van der Waals surface area contributed by atoms with E-state index in [1.54, 1.807) is 13.3 Å². The van der Waals surface area contributed by atoms with Crippen molar-refractivity contribution in [3.8, 4) is 0 Å². The van der Waals surface area contributed by atoms with E-state index >= 15 is 0 Å². The first-order chi connectivity index (χ1) is 7.74. The number of ether oxygens (including phenoxy) is 1. The number of aryl methyl sites for hydroxylation is 1. The zero-order chi connectivity index (χ0) is 11.8. The summed E-state index contributed by atoms with van der Waals surface area (Å²) in [5.41, 5.74) is 2.19. The monoisotopic (exact) mass is 242 g/mol. The Morgan fingerprint density at radius 1 is 1.56 bits per heavy atom. The standard InChI is InChI=1S/C10H18N4OS/c1-8-9(7-13-14-8)6-12-10(16)11-4-3-5-15-2/h7H,3-6H2,1-2H3,(H,13,14)(H2,11,12,16). The largest absolute Gasteiger partial charge is 0.385 e. The minimum absolute atomic E-state index is 0.664. The Kier molecular flexibility index (Phi) is 5.81. The summed E-state index contributed by atoms with van der Waals surface area (Å²) < 4.78 is 4.94. The van der Waals surface area contributed by atoms with Gasteiger partial charge in [-0.3, -0.25) is 5.10 Å². The van der Waals surface area contributed by atoms with Gasteiger partial charge in [0.2, 0.25) is 0 Å². The molecule has 90 valence electrons. The van der Waals surface area contributed by atoms with Gasteiger partial charge in [-0.15, -0.1) is 0 Å². The summed E-state index contributed by atoms with van der Waals surface area (Å²) in [5, 5.41) is 13.7. The average Bonchev–Trinajstić information content (AvgIpc) is 2.67. The topological polar surface area (TPSA) is 62.0 Å². The van der Waals surface area contributed by atoms with E-state index in [1.165, 1.54) is 0 Å². The third-order valence-electron chi connectivity index (χ3n) is 2.18. The van der Waals surface area contributed by atoms with Crippen molar-refractivity contribution in [1.82, 2.24) is 20.8 Å². The van der Waals surface area contributed by atoms with E-state index in [1.807, 2.05) is 6.92 Å². The van der Waals surface area contributed by atoms with Crippen LogP contribution in [0.25, 0.3) is 0 Å². The highest BCUT2D eigenvalue weighted by molar-refractivity contribution is 7.80. The minimum atomic E-state index is 0.664. The lowest BCUT2D eigenvalue weighted by Crippen LogP contribution is -2.35. The molecule has 0 saturated heterocycles. The number of hydrogen-bond acceptors (Lipinski definition) is 3. The Balaban J connectivity index is 2.13. The Hall–Kier alpha value is -1.14. The second-order valence-corrected chi connectivity index (χ2v) is 3.88. The van der Waals surface area contributed by atoms with Gasteiger partial charge in [-0.25, -0.2) is 0 Å². The van der Waals surface area contributed by atoms with Crippen molar-refractivity contribution < 1.29 is 4.74 Å². The summed E-state index contributed by atoms with van der Waals surface area (Å²) in [7, 11) is 1.69. The molecule has 0 atom stereocenters. The Labute approximate surface area is 101 Å². The number of hydrogen-bond donors (Lipinski definition) is 3. The fourth-order valence-corrected chi connectivity index (χ4v) is 1.38. The molecule has 0 aliphatic carbocycles. The van der Waals surface area contributed by atoms with E-state index in [4.69, 9.17) is 17.0 Å². The van der Waals surface area contributed by atoms with E-state index in [9.17, 15) is 0 Å². The van der Waals surface area contributed by atoms with Crippen molar-refractivity contribution >= 4 is 17.3 Å². The van der Waals surface area contributed by atoms with E-state index in [0.717, 1.165) is 30.8 Å². The van der Waals surface area contributed by atoms with Crippen LogP contribution in [0.4, 0.5) is 0 Å². The highest BCUT2D eigenvalue weighted by Crippen LogP contribution is 2.00. The number of methoxy groups -OCH3 is 1. The number of nitrogens with zero attached hydrogens (tertiary/aromatic N) is 1. The normalized spacial score (nSPS) is 10.1. The van der Waals surface area contributed by atoms with Gasteiger partial charge in [0.05, 0.1) is 6.20 Å². The Morgan fingerprint density at radius 3 is 3.00 bits per heavy atom. The fourth-order valence-electron chi connectivity index (χ4n) is 1.21. The molecule has 0 unspecified atom stereocenters. The van der Waals surface area contributed by atoms with E-state index in [0.29, 0.717) is 11.7 Å². The number of H-pyrrole nitrogens is 1. The third kappa shape index (κ3) is 4.59. The quantitative estimate of drug-likeness (QED) is 0.507. The average molecular weight is 242 g/mol. The van der Waals surface area contributed by atoms with Crippen molar-refractivity contribution in [2.75, 3.05) is 20.3 Å². The van der Waals surface area contributed by atoms with Crippen LogP contribution < -0.4 is 10.6 Å². The van der Waals surface area contributed by atoms with Crippen LogP contribution in [-0.2, 0) is 11.3 Å². The molecule has 1 aromatic rings. The van der Waals surface area contributed by atoms with Crippen LogP contribution in [0.15, 0.2) is 6.20 Å². The van der Waals surface area contributed by atoms with Crippen LogP contribution >= 0.6 is 12.2 Å². The van der Waals surface area contributed by atoms with Gasteiger partial charge in [-0.05, 0) is 25.6 Å². The number of rotatable bonds is 6. The summed E-state index contributed by atoms with van der Waals surface area (Å²) in [4.78, 5) is 0. The van der Waals surface area contributed by atoms with E-state index in [2.05, 4.69) is 20.8 Å². The van der Waals surface area contributed by atoms with Gasteiger partial charge >= 0.3 is 0 Å². The fraction of sp³-hybridized carbons (Fsp3) is 0.600. The lowest BCUT2D eigenvalue weighted by atomic mass is 10.3. The van der Waals surface area contributed by atoms with Crippen LogP contribution in [0.2, 0.25) is 0 Å². The molecule has 3 N–H and O–H groups in total. The maximum Gasteiger partial charge on any atom is 0.166 e. The number of nitrogens with one attached hydrogen (secondary N) is 3. The number of aromatic amines is 1. The molecule has 0 spiro atoms. The highest BCUT2D eigenvalue weighted by Gasteiger charge is 2.00. The van der Waals surface area contributed by atoms with Crippen molar-refractivity contribution in [2.45, 2.75) is 19.9 Å². The summed E-state index contributed by atoms with van der Waals surface area (Å²) >= 11 is 5.13. The Bertz CT molecular complexity index is 326. The molecule has 5 nitrogen and oxygen atoms in total. The first-order valence-corrected chi connectivity index (χ1v) is 5.64. The molecule has 1 rings (SSSR count). The minimum Gasteiger partial charge on any atom is -0.385 e. The second-order valence-electron chi connectivity index (χ2n) is 3.48. The molecule has 0 aliphatic rings. The van der Waals surface area contributed by atoms with Gasteiger partial charge < -0.3 is 15.4 Å². The molecule has 0 radical (unpaired) electrons. The SMILES string of the molecule is COCCCNC(=S)NCc1cn[nH]c1C. The first-order valence-electron chi connectivity index (χ1n) is 5.23. The predicted molar refractivity (Wildman–Crippen MR) is 67.3 cm³/mol. The van der Waals surface area contributed by atoms with Gasteiger partial charge in [-0.2, -0.15) is 5.10 Å². The molecule has 0 bridgehead atoms. The van der Waals surface area contributed by atoms with Crippen LogP contribution in [0, 0.1) is 6.92 Å². The van der Waals surface area contributed by atoms with Gasteiger partial charge in [0, 0.05) is 38.1 Å². The van der Waals surface area contributed by atoms with Gasteiger partial charge in [0.25, 0.3) is 0 Å². The lowest BCUT2D eigenvalue weighted by molar-refractivity contribution is 0.195. The highest BCUT2D eigenvalue weighted by atomic mass is 32.1. The molecule has 0 aromatic carbocycles. The maximum atomic E-state index is 5.13. The number of aromatic nitrogens is 2. The zero-order valence-electron chi connectivity index (χ0n) is 9.67. The van der Waals surface area contributed by atoms with Crippen LogP contribution in [0.5, 0.6) is 0 Å². The van der Waals surface area contributed by atoms with Gasteiger partial charge in [-0.1, -0.05) is 0 Å². The smallest absolute Gasteiger partial charge is 0.166 e. The molecule has 1 aromatic heterocycles. The van der Waals surface area contributed by atoms with Crippen LogP contribution in [-0.4, -0.2) is 35.6 Å². The van der Waals surface area contributed by atoms with E-state index in [-0.39, 0.29) is 0 Å². The molecular weight excluding hydrogens is 224 g/mol. The van der Waals surface area contributed by atoms with Gasteiger partial charge in [0.1, 0.15) is 0 Å². The summed E-state index contributed by atoms with van der Waals surface area (Å²) in [6.45, 7) is 4.25. The molecule has 1 heterocycles. The van der Waals surface area contributed by atoms with Crippen LogP contribution in [0.3, 0.4) is 0 Å². The molecule has 16 heavy (non-hydrogen) atoms. The van der Waals surface area contributed by atoms with Crippen LogP contribution in [0.1, 0.15) is 17.7 Å². The molecule has 0 saturated carbocycles. The maximum absolute atomic E-state index is 5.13. The zero-order valence-corrected chi connectivity index (χ0v) is 10.5. The molecule has 0 amide bonds. The molecule has 6 heteroatoms. The number of thiocarbonyl (C=S) groups is 1. The molecule has 0 aliphatic heterocycles. The van der Waals surface area contributed by atoms with Crippen molar-refractivity contribution in [2.24, 2.45) is 0 Å². The summed E-state index contributed by atoms with van der Waals surface area (Å²) in [6.07, 6.45) is 2.75. The molecule has 0 fully saturated rings. The second kappa shape index (κ2) is 7.19. The van der Waals surface area contributed by atoms with Crippen molar-refractivity contribution in [3.63, 3.8) is 0 Å². The van der Waals surface area contributed by atoms with E-state index < -0.39 is 0 Å². The summed E-state index contributed by atoms with van der Waals surface area (Å²) in [5.74, 6) is 0. The van der Waals surface area contributed by atoms with Crippen molar-refractivity contribution in [1.29, 1.82) is 0 Å². The summed E-state index contributed by atoms with van der Waals surface area (Å²) in [6, 6.07) is 0. The lowest BCUT2D eigenvalue weighted by Gasteiger charge is -2.09. The van der Waals surface area contributed by atoms with Gasteiger partial charge in [0.15, 0.2) is 5.11 Å². The van der Waals surface area contributed by atoms with Crippen molar-refractivity contribution in [3.05, 3.63) is 17.5 Å². The molecular formula is C10H18N4OS. The third-order valence-corrected chi connectivity index (χ3v) is 2.47. The Morgan fingerprint density at radius 2 is 2.38 bits per heavy atom. The predicted octanol–water partition coefficient (Wildman–Crippen LogP) is 0.719. The first kappa shape index (κ1) is 12.9.